The summed E-state index contributed by atoms with van der Waals surface area (Å²) in [6, 6.07) is 13.6. The predicted molar refractivity (Wildman–Crippen MR) is 123 cm³/mol. The van der Waals surface area contributed by atoms with E-state index in [1.807, 2.05) is 11.5 Å². The van der Waals surface area contributed by atoms with Crippen LogP contribution >= 0.6 is 23.4 Å². The number of hydrogen-bond donors (Lipinski definition) is 1. The monoisotopic (exact) mass is 474 g/mol. The summed E-state index contributed by atoms with van der Waals surface area (Å²) in [6.07, 6.45) is 0. The third-order valence-corrected chi connectivity index (χ3v) is 5.52. The van der Waals surface area contributed by atoms with E-state index in [4.69, 9.17) is 21.1 Å². The molecule has 0 saturated carbocycles. The summed E-state index contributed by atoms with van der Waals surface area (Å²) in [6.45, 7) is 4.93. The van der Waals surface area contributed by atoms with Gasteiger partial charge >= 0.3 is 5.97 Å². The molecule has 168 valence electrons. The molecule has 3 aromatic rings. The van der Waals surface area contributed by atoms with Crippen molar-refractivity contribution in [3.8, 4) is 5.75 Å². The van der Waals surface area contributed by atoms with Crippen LogP contribution in [0.15, 0.2) is 53.7 Å². The summed E-state index contributed by atoms with van der Waals surface area (Å²) in [5, 5.41) is 12.4. The number of carbonyl (C=O) groups excluding carboxylic acids is 2. The summed E-state index contributed by atoms with van der Waals surface area (Å²) >= 11 is 7.17. The standard InChI is InChI=1S/C22H23ClN4O4S/c1-3-27-19(13-31-18-11-7-16(23)8-12-18)25-26-22(27)32-14-20(28)24-17-9-5-15(6-10-17)21(29)30-4-2/h5-12H,3-4,13-14H2,1-2H3,(H,24,28). The fraction of sp³-hybridized carbons (Fsp3) is 0.273. The molecule has 0 saturated heterocycles. The Morgan fingerprint density at radius 2 is 1.78 bits per heavy atom. The number of aromatic nitrogens is 3. The lowest BCUT2D eigenvalue weighted by Crippen LogP contribution is -2.15. The van der Waals surface area contributed by atoms with Gasteiger partial charge in [0.2, 0.25) is 5.91 Å². The number of halogens is 1. The minimum Gasteiger partial charge on any atom is -0.486 e. The molecule has 1 heterocycles. The smallest absolute Gasteiger partial charge is 0.338 e. The molecule has 32 heavy (non-hydrogen) atoms. The number of esters is 1. The van der Waals surface area contributed by atoms with Crippen molar-refractivity contribution in [1.82, 2.24) is 14.8 Å². The number of rotatable bonds is 10. The van der Waals surface area contributed by atoms with Crippen LogP contribution in [0.2, 0.25) is 5.02 Å². The van der Waals surface area contributed by atoms with E-state index >= 15 is 0 Å². The lowest BCUT2D eigenvalue weighted by molar-refractivity contribution is -0.113. The number of hydrogen-bond acceptors (Lipinski definition) is 7. The van der Waals surface area contributed by atoms with Gasteiger partial charge in [0.05, 0.1) is 17.9 Å². The fourth-order valence-electron chi connectivity index (χ4n) is 2.76. The lowest BCUT2D eigenvalue weighted by atomic mass is 10.2. The van der Waals surface area contributed by atoms with Gasteiger partial charge in [-0.3, -0.25) is 4.79 Å². The molecular weight excluding hydrogens is 452 g/mol. The van der Waals surface area contributed by atoms with E-state index in [1.54, 1.807) is 55.5 Å². The van der Waals surface area contributed by atoms with Gasteiger partial charge in [-0.2, -0.15) is 0 Å². The van der Waals surface area contributed by atoms with Crippen LogP contribution in [0.25, 0.3) is 0 Å². The molecule has 0 fully saturated rings. The van der Waals surface area contributed by atoms with E-state index in [0.717, 1.165) is 0 Å². The second-order valence-electron chi connectivity index (χ2n) is 6.52. The highest BCUT2D eigenvalue weighted by Crippen LogP contribution is 2.20. The number of carbonyl (C=O) groups is 2. The van der Waals surface area contributed by atoms with Gasteiger partial charge in [-0.25, -0.2) is 4.79 Å². The maximum atomic E-state index is 12.3. The molecule has 0 aliphatic heterocycles. The maximum absolute atomic E-state index is 12.3. The van der Waals surface area contributed by atoms with Crippen LogP contribution in [-0.2, 0) is 22.7 Å². The molecule has 0 radical (unpaired) electrons. The zero-order chi connectivity index (χ0) is 22.9. The van der Waals surface area contributed by atoms with Crippen LogP contribution < -0.4 is 10.1 Å². The van der Waals surface area contributed by atoms with Crippen molar-refractivity contribution in [2.45, 2.75) is 32.2 Å². The van der Waals surface area contributed by atoms with Crippen molar-refractivity contribution in [1.29, 1.82) is 0 Å². The van der Waals surface area contributed by atoms with Crippen molar-refractivity contribution in [2.24, 2.45) is 0 Å². The molecule has 0 bridgehead atoms. The summed E-state index contributed by atoms with van der Waals surface area (Å²) in [5.41, 5.74) is 1.03. The van der Waals surface area contributed by atoms with Gasteiger partial charge in [0, 0.05) is 17.3 Å². The van der Waals surface area contributed by atoms with Crippen LogP contribution in [0.3, 0.4) is 0 Å². The number of nitrogens with one attached hydrogen (secondary N) is 1. The van der Waals surface area contributed by atoms with Crippen LogP contribution in [0, 0.1) is 0 Å². The zero-order valence-corrected chi connectivity index (χ0v) is 19.3. The second-order valence-corrected chi connectivity index (χ2v) is 7.90. The molecule has 0 spiro atoms. The van der Waals surface area contributed by atoms with Gasteiger partial charge in [-0.15, -0.1) is 10.2 Å². The van der Waals surface area contributed by atoms with Gasteiger partial charge in [-0.1, -0.05) is 23.4 Å². The van der Waals surface area contributed by atoms with E-state index in [9.17, 15) is 9.59 Å². The van der Waals surface area contributed by atoms with Crippen molar-refractivity contribution >= 4 is 40.9 Å². The van der Waals surface area contributed by atoms with Crippen molar-refractivity contribution < 1.29 is 19.1 Å². The Morgan fingerprint density at radius 3 is 2.44 bits per heavy atom. The van der Waals surface area contributed by atoms with Crippen molar-refractivity contribution in [2.75, 3.05) is 17.7 Å². The zero-order valence-electron chi connectivity index (χ0n) is 17.7. The lowest BCUT2D eigenvalue weighted by Gasteiger charge is -2.09. The Labute approximate surface area is 195 Å². The Balaban J connectivity index is 1.53. The first kappa shape index (κ1) is 23.6. The van der Waals surface area contributed by atoms with E-state index in [-0.39, 0.29) is 18.3 Å². The highest BCUT2D eigenvalue weighted by Gasteiger charge is 2.14. The van der Waals surface area contributed by atoms with Crippen LogP contribution in [0.5, 0.6) is 5.75 Å². The number of benzene rings is 2. The van der Waals surface area contributed by atoms with Crippen LogP contribution in [0.4, 0.5) is 5.69 Å². The first-order valence-corrected chi connectivity index (χ1v) is 11.4. The summed E-state index contributed by atoms with van der Waals surface area (Å²) in [7, 11) is 0. The van der Waals surface area contributed by atoms with Crippen molar-refractivity contribution in [3.63, 3.8) is 0 Å². The molecule has 0 aliphatic rings. The molecule has 1 aromatic heterocycles. The molecular formula is C22H23ClN4O4S. The highest BCUT2D eigenvalue weighted by molar-refractivity contribution is 7.99. The summed E-state index contributed by atoms with van der Waals surface area (Å²) in [5.74, 6) is 0.928. The Morgan fingerprint density at radius 1 is 1.06 bits per heavy atom. The third kappa shape index (κ3) is 6.48. The number of nitrogens with zero attached hydrogens (tertiary/aromatic N) is 3. The van der Waals surface area contributed by atoms with E-state index in [2.05, 4.69) is 15.5 Å². The SMILES string of the molecule is CCOC(=O)c1ccc(NC(=O)CSc2nnc(COc3ccc(Cl)cc3)n2CC)cc1. The Hall–Kier alpha value is -3.04. The van der Waals surface area contributed by atoms with Crippen LogP contribution in [0.1, 0.15) is 30.0 Å². The molecule has 3 rings (SSSR count). The minimum absolute atomic E-state index is 0.163. The third-order valence-electron chi connectivity index (χ3n) is 4.30. The van der Waals surface area contributed by atoms with E-state index in [1.165, 1.54) is 11.8 Å². The largest absolute Gasteiger partial charge is 0.486 e. The highest BCUT2D eigenvalue weighted by atomic mass is 35.5. The average Bonchev–Trinajstić information content (AvgIpc) is 3.19. The van der Waals surface area contributed by atoms with Gasteiger partial charge in [0.25, 0.3) is 0 Å². The molecule has 8 nitrogen and oxygen atoms in total. The second kappa shape index (κ2) is 11.5. The summed E-state index contributed by atoms with van der Waals surface area (Å²) < 4.78 is 12.6. The molecule has 1 N–H and O–H groups in total. The van der Waals surface area contributed by atoms with Gasteiger partial charge in [0.1, 0.15) is 12.4 Å². The molecule has 0 aliphatic carbocycles. The van der Waals surface area contributed by atoms with Gasteiger partial charge in [0.15, 0.2) is 11.0 Å². The molecule has 2 aromatic carbocycles. The summed E-state index contributed by atoms with van der Waals surface area (Å²) in [4.78, 5) is 24.0. The predicted octanol–water partition coefficient (Wildman–Crippen LogP) is 4.44. The van der Waals surface area contributed by atoms with E-state index in [0.29, 0.717) is 46.2 Å². The quantitative estimate of drug-likeness (QED) is 0.343. The van der Waals surface area contributed by atoms with Crippen molar-refractivity contribution in [3.05, 3.63) is 64.9 Å². The average molecular weight is 475 g/mol. The topological polar surface area (TPSA) is 95.3 Å². The Kier molecular flexibility index (Phi) is 8.52. The van der Waals surface area contributed by atoms with E-state index < -0.39 is 5.97 Å². The van der Waals surface area contributed by atoms with Crippen LogP contribution in [-0.4, -0.2) is 39.0 Å². The molecule has 0 unspecified atom stereocenters. The first-order valence-electron chi connectivity index (χ1n) is 10.0. The molecule has 10 heteroatoms. The molecule has 1 amide bonds. The fourth-order valence-corrected chi connectivity index (χ4v) is 3.71. The number of ether oxygens (including phenoxy) is 2. The molecule has 0 atom stereocenters. The number of amides is 1. The first-order chi connectivity index (χ1) is 15.5. The number of anilines is 1. The Bertz CT molecular complexity index is 1050. The van der Waals surface area contributed by atoms with Gasteiger partial charge < -0.3 is 19.4 Å². The minimum atomic E-state index is -0.393. The number of thioether (sulfide) groups is 1. The maximum Gasteiger partial charge on any atom is 0.338 e. The van der Waals surface area contributed by atoms with Gasteiger partial charge in [-0.05, 0) is 62.4 Å². The normalized spacial score (nSPS) is 10.6.